The van der Waals surface area contributed by atoms with Gasteiger partial charge >= 0.3 is 0 Å². The lowest BCUT2D eigenvalue weighted by Gasteiger charge is -2.11. The molecule has 0 heterocycles. The zero-order chi connectivity index (χ0) is 21.2. The number of ether oxygens (including phenoxy) is 3. The van der Waals surface area contributed by atoms with Gasteiger partial charge < -0.3 is 14.2 Å². The monoisotopic (exact) mass is 424 g/mol. The van der Waals surface area contributed by atoms with Gasteiger partial charge in [-0.3, -0.25) is 4.79 Å². The van der Waals surface area contributed by atoms with E-state index in [1.54, 1.807) is 31.4 Å². The SMILES string of the molecule is COc1cc(C=NNC(=O)COc2ccccc2)ccc1OCc1ccc(Cl)cc1. The lowest BCUT2D eigenvalue weighted by Crippen LogP contribution is -2.24. The van der Waals surface area contributed by atoms with E-state index < -0.39 is 0 Å². The minimum atomic E-state index is -0.356. The number of methoxy groups -OCH3 is 1. The highest BCUT2D eigenvalue weighted by atomic mass is 35.5. The first kappa shape index (κ1) is 21.2. The summed E-state index contributed by atoms with van der Waals surface area (Å²) in [6, 6.07) is 21.9. The molecule has 0 bridgehead atoms. The minimum absolute atomic E-state index is 0.123. The Morgan fingerprint density at radius 2 is 1.77 bits per heavy atom. The second-order valence-corrected chi connectivity index (χ2v) is 6.66. The maximum absolute atomic E-state index is 11.8. The topological polar surface area (TPSA) is 69.2 Å². The Bertz CT molecular complexity index is 992. The number of hydrazone groups is 1. The van der Waals surface area contributed by atoms with Crippen molar-refractivity contribution in [3.8, 4) is 17.2 Å². The van der Waals surface area contributed by atoms with E-state index in [9.17, 15) is 4.79 Å². The van der Waals surface area contributed by atoms with Crippen molar-refractivity contribution in [2.75, 3.05) is 13.7 Å². The van der Waals surface area contributed by atoms with Crippen molar-refractivity contribution >= 4 is 23.7 Å². The van der Waals surface area contributed by atoms with Crippen molar-refractivity contribution in [1.29, 1.82) is 0 Å². The van der Waals surface area contributed by atoms with Gasteiger partial charge in [0, 0.05) is 5.02 Å². The number of nitrogens with one attached hydrogen (secondary N) is 1. The summed E-state index contributed by atoms with van der Waals surface area (Å²) in [5.41, 5.74) is 4.17. The van der Waals surface area contributed by atoms with Gasteiger partial charge in [-0.2, -0.15) is 5.10 Å². The van der Waals surface area contributed by atoms with E-state index in [-0.39, 0.29) is 12.5 Å². The summed E-state index contributed by atoms with van der Waals surface area (Å²) in [6.45, 7) is 0.264. The maximum atomic E-state index is 11.8. The molecule has 0 aromatic heterocycles. The molecule has 0 saturated carbocycles. The Labute approximate surface area is 180 Å². The third-order valence-electron chi connectivity index (χ3n) is 4.01. The van der Waals surface area contributed by atoms with Gasteiger partial charge in [0.25, 0.3) is 5.91 Å². The first-order chi connectivity index (χ1) is 14.6. The van der Waals surface area contributed by atoms with Crippen LogP contribution in [0.15, 0.2) is 77.9 Å². The molecule has 0 unspecified atom stereocenters. The van der Waals surface area contributed by atoms with Crippen molar-refractivity contribution in [3.63, 3.8) is 0 Å². The predicted molar refractivity (Wildman–Crippen MR) is 116 cm³/mol. The van der Waals surface area contributed by atoms with E-state index in [4.69, 9.17) is 25.8 Å². The number of halogens is 1. The molecule has 3 aromatic rings. The van der Waals surface area contributed by atoms with Crippen LogP contribution in [0.3, 0.4) is 0 Å². The van der Waals surface area contributed by atoms with Gasteiger partial charge in [-0.15, -0.1) is 0 Å². The molecule has 1 amide bonds. The van der Waals surface area contributed by atoms with Crippen LogP contribution in [-0.4, -0.2) is 25.8 Å². The number of hydrogen-bond acceptors (Lipinski definition) is 5. The van der Waals surface area contributed by atoms with E-state index in [1.807, 2.05) is 48.5 Å². The molecule has 0 aliphatic rings. The Morgan fingerprint density at radius 3 is 2.50 bits per heavy atom. The molecule has 0 spiro atoms. The van der Waals surface area contributed by atoms with Crippen LogP contribution in [0.4, 0.5) is 0 Å². The number of nitrogens with zero attached hydrogens (tertiary/aromatic N) is 1. The second kappa shape index (κ2) is 10.9. The Morgan fingerprint density at radius 1 is 1.00 bits per heavy atom. The molecule has 30 heavy (non-hydrogen) atoms. The van der Waals surface area contributed by atoms with Gasteiger partial charge in [0.15, 0.2) is 18.1 Å². The predicted octanol–water partition coefficient (Wildman–Crippen LogP) is 4.46. The Hall–Kier alpha value is -3.51. The number of rotatable bonds is 9. The fraction of sp³-hybridized carbons (Fsp3) is 0.130. The van der Waals surface area contributed by atoms with Crippen molar-refractivity contribution < 1.29 is 19.0 Å². The zero-order valence-corrected chi connectivity index (χ0v) is 17.1. The van der Waals surface area contributed by atoms with E-state index in [2.05, 4.69) is 10.5 Å². The van der Waals surface area contributed by atoms with Crippen molar-refractivity contribution in [3.05, 3.63) is 88.9 Å². The van der Waals surface area contributed by atoms with Gasteiger partial charge in [0.2, 0.25) is 0 Å². The van der Waals surface area contributed by atoms with Gasteiger partial charge in [0.05, 0.1) is 13.3 Å². The molecule has 3 rings (SSSR count). The maximum Gasteiger partial charge on any atom is 0.277 e. The van der Waals surface area contributed by atoms with Gasteiger partial charge in [0.1, 0.15) is 12.4 Å². The van der Waals surface area contributed by atoms with Crippen LogP contribution in [0.5, 0.6) is 17.2 Å². The quantitative estimate of drug-likeness (QED) is 0.407. The molecule has 0 saturated heterocycles. The number of carbonyl (C=O) groups is 1. The molecule has 0 fully saturated rings. The van der Waals surface area contributed by atoms with Crippen LogP contribution in [0.2, 0.25) is 5.02 Å². The average Bonchev–Trinajstić information content (AvgIpc) is 2.78. The third kappa shape index (κ3) is 6.53. The molecule has 0 aliphatic heterocycles. The summed E-state index contributed by atoms with van der Waals surface area (Å²) in [4.78, 5) is 11.8. The molecular formula is C23H21ClN2O4. The van der Waals surface area contributed by atoms with Crippen LogP contribution < -0.4 is 19.6 Å². The van der Waals surface area contributed by atoms with Crippen molar-refractivity contribution in [2.24, 2.45) is 5.10 Å². The fourth-order valence-electron chi connectivity index (χ4n) is 2.50. The van der Waals surface area contributed by atoms with Crippen LogP contribution >= 0.6 is 11.6 Å². The summed E-state index contributed by atoms with van der Waals surface area (Å²) in [7, 11) is 1.56. The number of benzene rings is 3. The van der Waals surface area contributed by atoms with Gasteiger partial charge in [-0.05, 0) is 53.6 Å². The van der Waals surface area contributed by atoms with E-state index in [1.165, 1.54) is 6.21 Å². The first-order valence-corrected chi connectivity index (χ1v) is 9.57. The summed E-state index contributed by atoms with van der Waals surface area (Å²) in [6.07, 6.45) is 1.52. The smallest absolute Gasteiger partial charge is 0.277 e. The average molecular weight is 425 g/mol. The molecule has 6 nitrogen and oxygen atoms in total. The minimum Gasteiger partial charge on any atom is -0.493 e. The van der Waals surface area contributed by atoms with Crippen LogP contribution in [-0.2, 0) is 11.4 Å². The molecular weight excluding hydrogens is 404 g/mol. The zero-order valence-electron chi connectivity index (χ0n) is 16.4. The molecule has 0 radical (unpaired) electrons. The molecule has 154 valence electrons. The summed E-state index contributed by atoms with van der Waals surface area (Å²) < 4.78 is 16.6. The molecule has 3 aromatic carbocycles. The number of para-hydroxylation sites is 1. The lowest BCUT2D eigenvalue weighted by atomic mass is 10.2. The molecule has 0 aliphatic carbocycles. The van der Waals surface area contributed by atoms with Gasteiger partial charge in [-0.25, -0.2) is 5.43 Å². The summed E-state index contributed by atoms with van der Waals surface area (Å²) in [5, 5.41) is 4.63. The number of amides is 1. The van der Waals surface area contributed by atoms with E-state index >= 15 is 0 Å². The third-order valence-corrected chi connectivity index (χ3v) is 4.26. The molecule has 7 heteroatoms. The highest BCUT2D eigenvalue weighted by Crippen LogP contribution is 2.28. The normalized spacial score (nSPS) is 10.6. The summed E-state index contributed by atoms with van der Waals surface area (Å²) in [5.74, 6) is 1.43. The highest BCUT2D eigenvalue weighted by molar-refractivity contribution is 6.30. The summed E-state index contributed by atoms with van der Waals surface area (Å²) >= 11 is 5.89. The molecule has 0 atom stereocenters. The first-order valence-electron chi connectivity index (χ1n) is 9.19. The largest absolute Gasteiger partial charge is 0.493 e. The van der Waals surface area contributed by atoms with Crippen molar-refractivity contribution in [2.45, 2.75) is 6.61 Å². The van der Waals surface area contributed by atoms with Crippen LogP contribution in [0, 0.1) is 0 Å². The Kier molecular flexibility index (Phi) is 7.69. The van der Waals surface area contributed by atoms with Crippen molar-refractivity contribution in [1.82, 2.24) is 5.43 Å². The van der Waals surface area contributed by atoms with E-state index in [0.29, 0.717) is 28.9 Å². The van der Waals surface area contributed by atoms with Crippen LogP contribution in [0.25, 0.3) is 0 Å². The highest BCUT2D eigenvalue weighted by Gasteiger charge is 2.06. The Balaban J connectivity index is 1.52. The lowest BCUT2D eigenvalue weighted by molar-refractivity contribution is -0.123. The van der Waals surface area contributed by atoms with E-state index in [0.717, 1.165) is 11.1 Å². The molecule has 1 N–H and O–H groups in total. The standard InChI is InChI=1S/C23H21ClN2O4/c1-28-22-13-18(9-12-21(22)30-15-17-7-10-19(24)11-8-17)14-25-26-23(27)16-29-20-5-3-2-4-6-20/h2-14H,15-16H2,1H3,(H,26,27). The number of carbonyl (C=O) groups excluding carboxylic acids is 1. The van der Waals surface area contributed by atoms with Gasteiger partial charge in [-0.1, -0.05) is 41.9 Å². The number of hydrogen-bond donors (Lipinski definition) is 1. The second-order valence-electron chi connectivity index (χ2n) is 6.22. The fourth-order valence-corrected chi connectivity index (χ4v) is 2.63. The van der Waals surface area contributed by atoms with Crippen LogP contribution in [0.1, 0.15) is 11.1 Å².